The van der Waals surface area contributed by atoms with Crippen LogP contribution in [0.1, 0.15) is 19.3 Å². The molecule has 2 N–H and O–H groups in total. The van der Waals surface area contributed by atoms with E-state index in [2.05, 4.69) is 4.90 Å². The molecule has 1 fully saturated rings. The molecule has 0 aromatic heterocycles. The third-order valence-electron chi connectivity index (χ3n) is 3.37. The van der Waals surface area contributed by atoms with Crippen LogP contribution in [0.2, 0.25) is 10.0 Å². The van der Waals surface area contributed by atoms with Gasteiger partial charge in [0.15, 0.2) is 0 Å². The van der Waals surface area contributed by atoms with E-state index in [-0.39, 0.29) is 14.9 Å². The number of ether oxygens (including phenoxy) is 1. The summed E-state index contributed by atoms with van der Waals surface area (Å²) in [6.45, 7) is 3.78. The van der Waals surface area contributed by atoms with Crippen LogP contribution < -0.4 is 9.88 Å². The van der Waals surface area contributed by atoms with Crippen LogP contribution in [0, 0.1) is 0 Å². The van der Waals surface area contributed by atoms with E-state index < -0.39 is 10.0 Å². The van der Waals surface area contributed by atoms with Gasteiger partial charge in [-0.2, -0.15) is 0 Å². The molecule has 2 rings (SSSR count). The molecule has 0 atom stereocenters. The summed E-state index contributed by atoms with van der Waals surface area (Å²) in [5, 5.41) is 5.25. The van der Waals surface area contributed by atoms with Crippen molar-refractivity contribution in [1.29, 1.82) is 0 Å². The highest BCUT2D eigenvalue weighted by Gasteiger charge is 2.17. The highest BCUT2D eigenvalue weighted by molar-refractivity contribution is 7.89. The van der Waals surface area contributed by atoms with Crippen LogP contribution in [0.4, 0.5) is 0 Å². The molecular weight excluding hydrogens is 335 g/mol. The van der Waals surface area contributed by atoms with Crippen molar-refractivity contribution in [2.45, 2.75) is 24.2 Å². The van der Waals surface area contributed by atoms with Gasteiger partial charge >= 0.3 is 0 Å². The predicted octanol–water partition coefficient (Wildman–Crippen LogP) is 2.51. The Morgan fingerprint density at radius 1 is 1.19 bits per heavy atom. The third kappa shape index (κ3) is 4.72. The van der Waals surface area contributed by atoms with Crippen LogP contribution in [-0.4, -0.2) is 39.6 Å². The number of hydrogen-bond acceptors (Lipinski definition) is 4. The first-order valence-electron chi connectivity index (χ1n) is 6.75. The summed E-state index contributed by atoms with van der Waals surface area (Å²) in [5.41, 5.74) is 0. The second-order valence-corrected chi connectivity index (χ2v) is 7.35. The van der Waals surface area contributed by atoms with Gasteiger partial charge in [-0.3, -0.25) is 0 Å². The molecule has 5 nitrogen and oxygen atoms in total. The zero-order valence-electron chi connectivity index (χ0n) is 11.5. The minimum atomic E-state index is -3.89. The molecule has 0 spiro atoms. The van der Waals surface area contributed by atoms with E-state index in [1.165, 1.54) is 25.0 Å². The highest BCUT2D eigenvalue weighted by atomic mass is 35.5. The molecule has 1 saturated heterocycles. The molecule has 1 aromatic rings. The molecule has 0 unspecified atom stereocenters. The van der Waals surface area contributed by atoms with Crippen molar-refractivity contribution in [2.75, 3.05) is 26.2 Å². The number of primary sulfonamides is 1. The fraction of sp³-hybridized carbons (Fsp3) is 0.538. The van der Waals surface area contributed by atoms with Crippen LogP contribution >= 0.6 is 23.2 Å². The van der Waals surface area contributed by atoms with Gasteiger partial charge in [0.2, 0.25) is 10.0 Å². The standard InChI is InChI=1S/C13H18Cl2N2O3S/c14-10-9-13(21(16,18)19)11(15)8-12(10)20-7-3-6-17-4-1-2-5-17/h8-9H,1-7H2,(H2,16,18,19). The van der Waals surface area contributed by atoms with Crippen molar-refractivity contribution in [3.63, 3.8) is 0 Å². The first-order valence-corrected chi connectivity index (χ1v) is 9.05. The van der Waals surface area contributed by atoms with Crippen molar-refractivity contribution in [3.8, 4) is 5.75 Å². The van der Waals surface area contributed by atoms with Crippen molar-refractivity contribution in [2.24, 2.45) is 5.14 Å². The van der Waals surface area contributed by atoms with Crippen LogP contribution in [-0.2, 0) is 10.0 Å². The van der Waals surface area contributed by atoms with Crippen molar-refractivity contribution < 1.29 is 13.2 Å². The van der Waals surface area contributed by atoms with E-state index in [0.29, 0.717) is 12.4 Å². The summed E-state index contributed by atoms with van der Waals surface area (Å²) >= 11 is 11.9. The molecule has 1 aliphatic rings. The maximum Gasteiger partial charge on any atom is 0.239 e. The normalized spacial score (nSPS) is 16.3. The molecule has 0 bridgehead atoms. The van der Waals surface area contributed by atoms with Gasteiger partial charge in [-0.15, -0.1) is 0 Å². The SMILES string of the molecule is NS(=O)(=O)c1cc(Cl)c(OCCCN2CCCC2)cc1Cl. The monoisotopic (exact) mass is 352 g/mol. The van der Waals surface area contributed by atoms with Gasteiger partial charge in [-0.1, -0.05) is 23.2 Å². The quantitative estimate of drug-likeness (QED) is 0.798. The molecule has 0 amide bonds. The average molecular weight is 353 g/mol. The van der Waals surface area contributed by atoms with Crippen molar-refractivity contribution >= 4 is 33.2 Å². The van der Waals surface area contributed by atoms with E-state index in [1.807, 2.05) is 0 Å². The minimum Gasteiger partial charge on any atom is -0.492 e. The Hall–Kier alpha value is -0.530. The predicted molar refractivity (Wildman–Crippen MR) is 83.6 cm³/mol. The van der Waals surface area contributed by atoms with Gasteiger partial charge in [0.25, 0.3) is 0 Å². The Morgan fingerprint density at radius 3 is 2.48 bits per heavy atom. The van der Waals surface area contributed by atoms with Gasteiger partial charge in [0, 0.05) is 12.6 Å². The fourth-order valence-electron chi connectivity index (χ4n) is 2.32. The van der Waals surface area contributed by atoms with Crippen LogP contribution in [0.5, 0.6) is 5.75 Å². The first kappa shape index (κ1) is 16.8. The Balaban J connectivity index is 1.93. The minimum absolute atomic E-state index is 0.0106. The Labute approximate surface area is 135 Å². The average Bonchev–Trinajstić information content (AvgIpc) is 2.90. The van der Waals surface area contributed by atoms with E-state index in [0.717, 1.165) is 26.1 Å². The molecule has 1 heterocycles. The summed E-state index contributed by atoms with van der Waals surface area (Å²) in [6.07, 6.45) is 3.40. The number of sulfonamides is 1. The molecule has 0 saturated carbocycles. The van der Waals surface area contributed by atoms with Gasteiger partial charge < -0.3 is 9.64 Å². The van der Waals surface area contributed by atoms with E-state index in [9.17, 15) is 8.42 Å². The molecule has 0 radical (unpaired) electrons. The molecule has 8 heteroatoms. The lowest BCUT2D eigenvalue weighted by Gasteiger charge is -2.15. The van der Waals surface area contributed by atoms with Gasteiger partial charge in [-0.05, 0) is 38.4 Å². The van der Waals surface area contributed by atoms with Crippen molar-refractivity contribution in [1.82, 2.24) is 4.90 Å². The van der Waals surface area contributed by atoms with Gasteiger partial charge in [0.1, 0.15) is 10.6 Å². The second kappa shape index (κ2) is 7.15. The Kier molecular flexibility index (Phi) is 5.73. The smallest absolute Gasteiger partial charge is 0.239 e. The molecule has 1 aliphatic heterocycles. The fourth-order valence-corrected chi connectivity index (χ4v) is 3.69. The lowest BCUT2D eigenvalue weighted by Crippen LogP contribution is -2.22. The number of nitrogens with two attached hydrogens (primary N) is 1. The maximum absolute atomic E-state index is 11.3. The van der Waals surface area contributed by atoms with Crippen LogP contribution in [0.15, 0.2) is 17.0 Å². The summed E-state index contributed by atoms with van der Waals surface area (Å²) < 4.78 is 28.2. The zero-order chi connectivity index (χ0) is 15.5. The third-order valence-corrected chi connectivity index (χ3v) is 5.04. The van der Waals surface area contributed by atoms with E-state index in [1.54, 1.807) is 0 Å². The summed E-state index contributed by atoms with van der Waals surface area (Å²) in [5.74, 6) is 0.371. The van der Waals surface area contributed by atoms with Crippen molar-refractivity contribution in [3.05, 3.63) is 22.2 Å². The number of rotatable bonds is 6. The summed E-state index contributed by atoms with van der Waals surface area (Å²) in [7, 11) is -3.89. The number of nitrogens with zero attached hydrogens (tertiary/aromatic N) is 1. The van der Waals surface area contributed by atoms with E-state index in [4.69, 9.17) is 33.1 Å². The maximum atomic E-state index is 11.3. The molecule has 118 valence electrons. The molecular formula is C13H18Cl2N2O3S. The topological polar surface area (TPSA) is 72.6 Å². The Bertz CT molecular complexity index is 602. The van der Waals surface area contributed by atoms with Crippen LogP contribution in [0.3, 0.4) is 0 Å². The van der Waals surface area contributed by atoms with Gasteiger partial charge in [-0.25, -0.2) is 13.6 Å². The van der Waals surface area contributed by atoms with Crippen LogP contribution in [0.25, 0.3) is 0 Å². The highest BCUT2D eigenvalue weighted by Crippen LogP contribution is 2.33. The zero-order valence-corrected chi connectivity index (χ0v) is 13.8. The molecule has 0 aliphatic carbocycles. The number of benzene rings is 1. The molecule has 1 aromatic carbocycles. The number of likely N-dealkylation sites (tertiary alicyclic amines) is 1. The lowest BCUT2D eigenvalue weighted by atomic mass is 10.3. The Morgan fingerprint density at radius 2 is 1.86 bits per heavy atom. The van der Waals surface area contributed by atoms with E-state index >= 15 is 0 Å². The second-order valence-electron chi connectivity index (χ2n) is 5.01. The number of halogens is 2. The molecule has 21 heavy (non-hydrogen) atoms. The van der Waals surface area contributed by atoms with Gasteiger partial charge in [0.05, 0.1) is 16.7 Å². The number of hydrogen-bond donors (Lipinski definition) is 1. The largest absolute Gasteiger partial charge is 0.492 e. The lowest BCUT2D eigenvalue weighted by molar-refractivity contribution is 0.263. The first-order chi connectivity index (χ1) is 9.88. The summed E-state index contributed by atoms with van der Waals surface area (Å²) in [4.78, 5) is 2.20. The summed E-state index contributed by atoms with van der Waals surface area (Å²) in [6, 6.07) is 2.61.